The molecule has 56 heavy (non-hydrogen) atoms. The van der Waals surface area contributed by atoms with Crippen molar-refractivity contribution in [1.82, 2.24) is 0 Å². The average Bonchev–Trinajstić information content (AvgIpc) is 3.18. The van der Waals surface area contributed by atoms with Gasteiger partial charge in [0.25, 0.3) is 0 Å². The minimum absolute atomic E-state index is 0.456. The van der Waals surface area contributed by atoms with Crippen molar-refractivity contribution < 1.29 is 0 Å². The Morgan fingerprint density at radius 2 is 0.232 bits per heavy atom. The second kappa shape index (κ2) is 57.5. The molecule has 0 saturated carbocycles. The zero-order chi connectivity index (χ0) is 44.6. The summed E-state index contributed by atoms with van der Waals surface area (Å²) in [6, 6.07) is 0. The molecule has 0 nitrogen and oxygen atoms in total. The maximum atomic E-state index is 3.41. The second-order valence-corrected chi connectivity index (χ2v) is 1300. The molecule has 0 unspecified atom stereocenters. The van der Waals surface area contributed by atoms with Crippen LogP contribution in [0.1, 0.15) is 0 Å². The van der Waals surface area contributed by atoms with E-state index < -0.39 is 217 Å². The van der Waals surface area contributed by atoms with Crippen molar-refractivity contribution in [3.8, 4) is 0 Å². The molecule has 392 valence electrons. The Morgan fingerprint density at radius 3 is 0.321 bits per heavy atom. The molecule has 0 amide bonds. The third kappa shape index (κ3) is 39.3. The van der Waals surface area contributed by atoms with E-state index in [2.05, 4.69) is 526 Å². The Morgan fingerprint density at radius 1 is 0.143 bits per heavy atom. The molecule has 0 saturated heterocycles. The van der Waals surface area contributed by atoms with Gasteiger partial charge in [-0.2, -0.15) is 0 Å². The van der Waals surface area contributed by atoms with Gasteiger partial charge >= 0.3 is 743 Å². The molecule has 0 N–H and O–H groups in total. The van der Waals surface area contributed by atoms with E-state index >= 15 is 0 Å². The van der Waals surface area contributed by atoms with Crippen LogP contribution in [0, 0.1) is 0 Å². The molecule has 0 radical (unpaired) electrons. The van der Waals surface area contributed by atoms with E-state index in [-0.39, 0.29) is 0 Å². The van der Waals surface area contributed by atoms with Crippen LogP contribution in [0.3, 0.4) is 0 Å². The Labute approximate surface area is 699 Å². The number of rotatable bonds is 26. The van der Waals surface area contributed by atoms with E-state index in [0.29, 0.717) is 0 Å². The Bertz CT molecular complexity index is 950. The molecular weight excluding hydrogens is 6990 g/mol. The zero-order valence-corrected chi connectivity index (χ0v) is 140. The van der Waals surface area contributed by atoms with Crippen LogP contribution in [0.15, 0.2) is 0 Å². The SMILES string of the molecule is CI(I)I(I)I(I)I(I)I(I)I(I)I(I)I(I)I(I)I(I)I(I)I(I)I(I)I(I)I(I)I(I)I(I)I(I)I(I)I(I)I(I)I(I)I(I)I(I)I(I)I(I)I(I)I. The van der Waals surface area contributed by atoms with Crippen LogP contribution in [0.2, 0.25) is 0 Å². The standard InChI is InChI=1S/CH3I55/c1-30(2)32(5)34(7)36(9)38(11)40(13)42(15)44(17)46(19)48(21)50(23)52(25)54(27)56(29)55(28)53(26)51(24)49(22)47(20)45(18)43(16)41(14)39(12)37(10)35(8)33(6)31(3)4/h1H3. The van der Waals surface area contributed by atoms with Crippen LogP contribution in [-0.4, -0.2) is 4.93 Å². The van der Waals surface area contributed by atoms with Gasteiger partial charge in [-0.05, 0) is 0 Å². The fourth-order valence-corrected chi connectivity index (χ4v) is 10400. The van der Waals surface area contributed by atoms with E-state index in [1.807, 2.05) is 0 Å². The molecule has 0 rings (SSSR count). The van der Waals surface area contributed by atoms with Gasteiger partial charge in [0.05, 0.1) is 0 Å². The van der Waals surface area contributed by atoms with Crippen molar-refractivity contribution in [3.05, 3.63) is 0 Å². The quantitative estimate of drug-likeness (QED) is 0.0598. The summed E-state index contributed by atoms with van der Waals surface area (Å²) in [4.78, 5) is 2.75. The Kier molecular flexibility index (Phi) is 98.7. The van der Waals surface area contributed by atoms with Gasteiger partial charge in [-0.3, -0.25) is 0 Å². The number of alkyl halides is 1. The van der Waals surface area contributed by atoms with Crippen LogP contribution in [-0.2, 0) is 0 Å². The van der Waals surface area contributed by atoms with Gasteiger partial charge in [-0.15, -0.1) is 0 Å². The van der Waals surface area contributed by atoms with E-state index in [1.165, 1.54) is 0 Å². The molecule has 0 aromatic carbocycles. The predicted molar refractivity (Wildman–Crippen MR) is 777 cm³/mol. The molecule has 0 heterocycles. The van der Waals surface area contributed by atoms with Gasteiger partial charge in [-0.25, -0.2) is 0 Å². The summed E-state index contributed by atoms with van der Waals surface area (Å²) in [5.74, 6) is 0. The third-order valence-electron chi connectivity index (χ3n) is 2.19. The molecule has 0 aromatic rings. The molecular formula is CH3I55. The van der Waals surface area contributed by atoms with Crippen LogP contribution in [0.4, 0.5) is 0 Å². The summed E-state index contributed by atoms with van der Waals surface area (Å²) in [6.45, 7) is 0. The maximum absolute atomic E-state index is 3.41. The van der Waals surface area contributed by atoms with E-state index in [9.17, 15) is 0 Å². The Balaban J connectivity index is 5.63. The minimum atomic E-state index is -0.593. The fourth-order valence-electron chi connectivity index (χ4n) is 0.797. The molecule has 55 heteroatoms. The summed E-state index contributed by atoms with van der Waals surface area (Å²) in [6.07, 6.45) is 0. The molecule has 0 atom stereocenters. The zero-order valence-electron chi connectivity index (χ0n) is 21.8. The van der Waals surface area contributed by atoms with Crippen molar-refractivity contribution in [2.75, 3.05) is 4.93 Å². The van der Waals surface area contributed by atoms with Crippen molar-refractivity contribution in [2.24, 2.45) is 0 Å². The molecule has 0 aromatic heterocycles. The number of hydrogen-bond acceptors (Lipinski definition) is 0. The summed E-state index contributed by atoms with van der Waals surface area (Å²) in [7, 11) is -14.3. The van der Waals surface area contributed by atoms with Crippen molar-refractivity contribution in [3.63, 3.8) is 0 Å². The first kappa shape index (κ1) is 96.1. The normalized spacial score (nSPS) is 18.9. The molecule has 0 aliphatic heterocycles. The first-order valence-electron chi connectivity index (χ1n) is 8.09. The first-order valence-corrected chi connectivity index (χ1v) is 350. The van der Waals surface area contributed by atoms with Gasteiger partial charge in [-0.1, -0.05) is 0 Å². The van der Waals surface area contributed by atoms with Crippen LogP contribution in [0.5, 0.6) is 0 Å². The summed E-state index contributed by atoms with van der Waals surface area (Å²) < 4.78 is 0. The molecule has 0 aliphatic rings. The molecule has 0 fully saturated rings. The van der Waals surface area contributed by atoms with E-state index in [1.54, 1.807) is 0 Å². The van der Waals surface area contributed by atoms with Gasteiger partial charge in [0.1, 0.15) is 0 Å². The van der Waals surface area contributed by atoms with Gasteiger partial charge < -0.3 is 0 Å². The molecule has 0 spiro atoms. The summed E-state index contributed by atoms with van der Waals surface area (Å²) in [5.41, 5.74) is 0. The third-order valence-corrected chi connectivity index (χ3v) is 4250. The van der Waals surface area contributed by atoms with Crippen LogP contribution >= 0.6 is 738 Å². The van der Waals surface area contributed by atoms with Gasteiger partial charge in [0, 0.05) is 0 Å². The first-order chi connectivity index (χ1) is 25.4. The molecule has 0 aliphatic carbocycles. The van der Waals surface area contributed by atoms with E-state index in [0.717, 1.165) is 0 Å². The van der Waals surface area contributed by atoms with Crippen molar-refractivity contribution >= 4 is 738 Å². The summed E-state index contributed by atoms with van der Waals surface area (Å²) in [5, 5.41) is 0. The summed E-state index contributed by atoms with van der Waals surface area (Å²) >= 11 is 92.0. The average molecular weight is 6990 g/mol. The monoisotopic (exact) mass is 6990 g/mol. The topological polar surface area (TPSA) is 0 Å². The van der Waals surface area contributed by atoms with E-state index in [4.69, 9.17) is 0 Å². The van der Waals surface area contributed by atoms with Gasteiger partial charge in [0.15, 0.2) is 0 Å². The van der Waals surface area contributed by atoms with Crippen molar-refractivity contribution in [2.45, 2.75) is 0 Å². The van der Waals surface area contributed by atoms with Crippen molar-refractivity contribution in [1.29, 1.82) is 0 Å². The fraction of sp³-hybridized carbons (Fsp3) is 1.00. The molecule has 0 bridgehead atoms. The van der Waals surface area contributed by atoms with Crippen LogP contribution < -0.4 is 0 Å². The van der Waals surface area contributed by atoms with Crippen LogP contribution in [0.25, 0.3) is 0 Å². The predicted octanol–water partition coefficient (Wildman–Crippen LogP) is 48.9. The second-order valence-electron chi connectivity index (χ2n) is 4.55. The number of hydrogen-bond donors (Lipinski definition) is 0. The number of halogens is 55. The Hall–Kier alpha value is 40.1. The van der Waals surface area contributed by atoms with Gasteiger partial charge in [0.2, 0.25) is 0 Å².